The predicted octanol–water partition coefficient (Wildman–Crippen LogP) is 3.54. The van der Waals surface area contributed by atoms with Crippen molar-refractivity contribution in [3.8, 4) is 0 Å². The Morgan fingerprint density at radius 2 is 1.61 bits per heavy atom. The van der Waals surface area contributed by atoms with Crippen LogP contribution < -0.4 is 34.5 Å². The molecule has 8 atom stereocenters. The lowest BCUT2D eigenvalue weighted by atomic mass is 9.80. The molecule has 59 heavy (non-hydrogen) atoms. The fraction of sp³-hybridized carbons (Fsp3) is 0.889. The van der Waals surface area contributed by atoms with Crippen LogP contribution in [0.3, 0.4) is 0 Å². The number of hydrogen-bond donors (Lipinski definition) is 5. The van der Waals surface area contributed by atoms with Crippen LogP contribution in [-0.2, 0) is 23.8 Å². The fourth-order valence-electron chi connectivity index (χ4n) is 10.3. The second-order valence-electron chi connectivity index (χ2n) is 17.9. The second-order valence-corrected chi connectivity index (χ2v) is 17.9. The van der Waals surface area contributed by atoms with Crippen LogP contribution in [0.4, 0.5) is 0 Å². The Labute approximate surface area is 368 Å². The molecule has 5 rings (SSSR count). The molecule has 2 fully saturated rings. The maximum Gasteiger partial charge on any atom is 0.350 e. The van der Waals surface area contributed by atoms with Crippen molar-refractivity contribution in [1.82, 2.24) is 15.5 Å². The number of allylic oxidation sites excluding steroid dienone is 1. The zero-order chi connectivity index (χ0) is 40.5. The summed E-state index contributed by atoms with van der Waals surface area (Å²) in [6.45, 7) is 6.73. The number of aliphatic hydroxyl groups excluding tert-OH is 1. The van der Waals surface area contributed by atoms with E-state index in [1.165, 1.54) is 57.8 Å². The highest BCUT2D eigenvalue weighted by Gasteiger charge is 2.64. The lowest BCUT2D eigenvalue weighted by Crippen LogP contribution is -3.00. The molecule has 5 aliphatic rings. The standard InChI is InChI=1S/C45H80N6O6.2ClH/c1-3-38-22-16-17-27-44(57-38)33-36-24-25-39-41(45(28-19-21-35(2)56-45)49-43(48-44)51(36)39)42(54)55-32-18-14-12-10-8-6-4-5-7-9-11-13-15-23-40(53)50(31-20-29-46)34-37(52)26-30-47;;/h16,22,35-39,41,52H,3-15,17-21,23-34,46-47H2,1-2H3,(H,48,49);2*1H/t35-,36+,37+,38+,39-,41-,44+,45-;;/m1../s1. The van der Waals surface area contributed by atoms with Crippen molar-refractivity contribution in [1.29, 1.82) is 0 Å². The van der Waals surface area contributed by atoms with E-state index >= 15 is 0 Å². The molecule has 0 bridgehead atoms. The van der Waals surface area contributed by atoms with E-state index in [9.17, 15) is 14.7 Å². The lowest BCUT2D eigenvalue weighted by Gasteiger charge is -2.50. The smallest absolute Gasteiger partial charge is 0.350 e. The van der Waals surface area contributed by atoms with E-state index in [2.05, 4.69) is 41.2 Å². The summed E-state index contributed by atoms with van der Waals surface area (Å²) in [4.78, 5) is 28.5. The maximum absolute atomic E-state index is 14.1. The van der Waals surface area contributed by atoms with Crippen LogP contribution in [0, 0.1) is 5.92 Å². The number of unbranched alkanes of at least 4 members (excludes halogenated alkanes) is 12. The van der Waals surface area contributed by atoms with Gasteiger partial charge in [-0.05, 0) is 84.2 Å². The second kappa shape index (κ2) is 26.7. The molecule has 342 valence electrons. The van der Waals surface area contributed by atoms with Gasteiger partial charge in [0.1, 0.15) is 0 Å². The molecular weight excluding hydrogens is 791 g/mol. The number of carbonyl (C=O) groups excluding carboxylic acids is 2. The minimum atomic E-state index is -0.761. The molecule has 2 saturated heterocycles. The van der Waals surface area contributed by atoms with Crippen molar-refractivity contribution in [3.05, 3.63) is 12.2 Å². The number of amides is 1. The number of rotatable bonds is 25. The molecule has 7 N–H and O–H groups in total. The quantitative estimate of drug-likeness (QED) is 0.0397. The highest BCUT2D eigenvalue weighted by atomic mass is 35.5. The van der Waals surface area contributed by atoms with Crippen LogP contribution in [-0.4, -0.2) is 107 Å². The Kier molecular flexibility index (Phi) is 23.4. The molecular formula is C45H82Cl2N6O6. The van der Waals surface area contributed by atoms with Gasteiger partial charge in [-0.2, -0.15) is 0 Å². The number of hydrogen-bond acceptors (Lipinski definition) is 10. The van der Waals surface area contributed by atoms with Crippen LogP contribution >= 0.6 is 12.4 Å². The van der Waals surface area contributed by atoms with E-state index in [0.29, 0.717) is 51.7 Å². The zero-order valence-electron chi connectivity index (χ0n) is 36.7. The van der Waals surface area contributed by atoms with Crippen molar-refractivity contribution in [3.63, 3.8) is 0 Å². The molecule has 1 amide bonds. The highest BCUT2D eigenvalue weighted by Crippen LogP contribution is 2.45. The molecule has 14 heteroatoms. The Balaban J connectivity index is 0.00000465. The fourth-order valence-corrected chi connectivity index (χ4v) is 10.3. The average molecular weight is 874 g/mol. The molecule has 12 nitrogen and oxygen atoms in total. The van der Waals surface area contributed by atoms with Gasteiger partial charge in [-0.25, -0.2) is 10.6 Å². The van der Waals surface area contributed by atoms with Crippen molar-refractivity contribution in [2.24, 2.45) is 17.4 Å². The number of nitrogens with two attached hydrogens (primary N) is 2. The molecule has 0 radical (unpaired) electrons. The summed E-state index contributed by atoms with van der Waals surface area (Å²) in [5.74, 6) is 0.653. The lowest BCUT2D eigenvalue weighted by molar-refractivity contribution is -0.609. The maximum atomic E-state index is 14.1. The number of nitrogens with one attached hydrogen (secondary N) is 2. The third-order valence-corrected chi connectivity index (χ3v) is 13.3. The first kappa shape index (κ1) is 51.7. The van der Waals surface area contributed by atoms with Gasteiger partial charge in [-0.1, -0.05) is 89.7 Å². The Bertz CT molecular complexity index is 1310. The van der Waals surface area contributed by atoms with Crippen LogP contribution in [0.1, 0.15) is 174 Å². The van der Waals surface area contributed by atoms with Gasteiger partial charge in [0, 0.05) is 38.8 Å². The van der Waals surface area contributed by atoms with Crippen molar-refractivity contribution >= 4 is 30.2 Å². The van der Waals surface area contributed by atoms with Gasteiger partial charge in [0.15, 0.2) is 11.6 Å². The monoisotopic (exact) mass is 873 g/mol. The Morgan fingerprint density at radius 1 is 0.932 bits per heavy atom. The van der Waals surface area contributed by atoms with Crippen molar-refractivity contribution in [2.75, 3.05) is 32.8 Å². The topological polar surface area (TPSA) is 164 Å². The minimum Gasteiger partial charge on any atom is -1.00 e. The van der Waals surface area contributed by atoms with Gasteiger partial charge in [-0.3, -0.25) is 14.2 Å². The molecule has 0 unspecified atom stereocenters. The summed E-state index contributed by atoms with van der Waals surface area (Å²) in [6.07, 6.45) is 29.7. The molecule has 0 aliphatic carbocycles. The third kappa shape index (κ3) is 15.0. The van der Waals surface area contributed by atoms with Gasteiger partial charge in [0.05, 0.1) is 37.0 Å². The number of guanidine groups is 1. The largest absolute Gasteiger partial charge is 1.00 e. The van der Waals surface area contributed by atoms with Gasteiger partial charge in [-0.15, -0.1) is 12.4 Å². The summed E-state index contributed by atoms with van der Waals surface area (Å²) < 4.78 is 22.1. The van der Waals surface area contributed by atoms with E-state index < -0.39 is 17.6 Å². The SMILES string of the molecule is CC[C@H]1C=CCC[C@@]2(C[C@@H]3CC[C@@H]4[C@H](C(=O)OCCCCCCCCCCCCCCCC(=O)N(CCCN)C[C@@H](O)CCN)[C@]5(CCC[C@@H](C)O5)NC(=[N+]34)N2)O1.Cl.[Cl-]. The van der Waals surface area contributed by atoms with Gasteiger partial charge in [0.25, 0.3) is 0 Å². The molecule has 0 aromatic carbocycles. The van der Waals surface area contributed by atoms with E-state index in [0.717, 1.165) is 95.9 Å². The van der Waals surface area contributed by atoms with Gasteiger partial charge < -0.3 is 48.1 Å². The number of halogens is 2. The number of ether oxygens (including phenoxy) is 3. The van der Waals surface area contributed by atoms with E-state index in [-0.39, 0.29) is 60.9 Å². The van der Waals surface area contributed by atoms with E-state index in [1.54, 1.807) is 4.90 Å². The molecule has 5 heterocycles. The summed E-state index contributed by atoms with van der Waals surface area (Å²) in [6, 6.07) is 0.391. The normalized spacial score (nSPS) is 28.8. The number of carbonyl (C=O) groups is 2. The van der Waals surface area contributed by atoms with E-state index in [1.807, 2.05) is 0 Å². The molecule has 2 spiro atoms. The number of aliphatic hydroxyl groups is 1. The van der Waals surface area contributed by atoms with Crippen molar-refractivity contribution < 1.29 is 45.9 Å². The average Bonchev–Trinajstić information content (AvgIpc) is 3.49. The first-order valence-electron chi connectivity index (χ1n) is 23.5. The Hall–Kier alpha value is -1.67. The third-order valence-electron chi connectivity index (χ3n) is 13.3. The first-order valence-corrected chi connectivity index (χ1v) is 23.5. The molecule has 0 aromatic heterocycles. The summed E-state index contributed by atoms with van der Waals surface area (Å²) in [5.41, 5.74) is 10.0. The van der Waals surface area contributed by atoms with Crippen LogP contribution in [0.2, 0.25) is 0 Å². The molecule has 5 aliphatic heterocycles. The summed E-state index contributed by atoms with van der Waals surface area (Å²) in [7, 11) is 0. The van der Waals surface area contributed by atoms with Gasteiger partial charge in [0.2, 0.25) is 11.6 Å². The van der Waals surface area contributed by atoms with Gasteiger partial charge >= 0.3 is 11.9 Å². The molecule has 0 saturated carbocycles. The van der Waals surface area contributed by atoms with Crippen LogP contribution in [0.25, 0.3) is 0 Å². The summed E-state index contributed by atoms with van der Waals surface area (Å²) in [5, 5.41) is 17.8. The zero-order valence-corrected chi connectivity index (χ0v) is 38.2. The van der Waals surface area contributed by atoms with E-state index in [4.69, 9.17) is 25.7 Å². The molecule has 0 aromatic rings. The number of esters is 1. The first-order chi connectivity index (χ1) is 27.7. The summed E-state index contributed by atoms with van der Waals surface area (Å²) >= 11 is 0. The Morgan fingerprint density at radius 3 is 2.25 bits per heavy atom. The van der Waals surface area contributed by atoms with Crippen LogP contribution in [0.5, 0.6) is 0 Å². The number of nitrogens with zero attached hydrogens (tertiary/aromatic N) is 2. The van der Waals surface area contributed by atoms with Crippen molar-refractivity contribution in [2.45, 2.75) is 216 Å². The minimum absolute atomic E-state index is 0. The highest BCUT2D eigenvalue weighted by molar-refractivity contribution is 5.85. The predicted molar refractivity (Wildman–Crippen MR) is 233 cm³/mol. The van der Waals surface area contributed by atoms with Crippen LogP contribution in [0.15, 0.2) is 12.2 Å².